The number of halogens is 3. The van der Waals surface area contributed by atoms with E-state index in [2.05, 4.69) is 24.8 Å². The van der Waals surface area contributed by atoms with E-state index in [4.69, 9.17) is 4.74 Å². The number of anilines is 1. The van der Waals surface area contributed by atoms with E-state index in [1.54, 1.807) is 18.5 Å². The van der Waals surface area contributed by atoms with E-state index in [0.717, 1.165) is 50.7 Å². The van der Waals surface area contributed by atoms with Gasteiger partial charge < -0.3 is 9.64 Å². The molecule has 0 radical (unpaired) electrons. The average Bonchev–Trinajstić information content (AvgIpc) is 2.79. The van der Waals surface area contributed by atoms with E-state index in [1.165, 1.54) is 24.0 Å². The monoisotopic (exact) mass is 429 g/mol. The molecule has 6 nitrogen and oxygen atoms in total. The number of ether oxygens (including phenoxy) is 1. The first-order chi connectivity index (χ1) is 15.0. The minimum absolute atomic E-state index is 0.133. The summed E-state index contributed by atoms with van der Waals surface area (Å²) in [5.41, 5.74) is 1.20. The van der Waals surface area contributed by atoms with E-state index in [1.807, 2.05) is 12.1 Å². The van der Waals surface area contributed by atoms with E-state index in [9.17, 15) is 13.2 Å². The standard InChI is InChI=1S/C22H22F3N5O/c23-22(24,25)19-3-1-18(2-4-19)15-31-21-13-20(27-16-28-21)30-11-9-29(10-12-30)14-17-5-7-26-8-6-17/h1-8,13,16H,9-12,14-15H2. The summed E-state index contributed by atoms with van der Waals surface area (Å²) in [5.74, 6) is 1.17. The highest BCUT2D eigenvalue weighted by molar-refractivity contribution is 5.41. The average molecular weight is 429 g/mol. The van der Waals surface area contributed by atoms with Gasteiger partial charge in [0.05, 0.1) is 5.56 Å². The van der Waals surface area contributed by atoms with Crippen LogP contribution in [0.5, 0.6) is 5.88 Å². The summed E-state index contributed by atoms with van der Waals surface area (Å²) in [7, 11) is 0. The maximum atomic E-state index is 12.7. The molecule has 1 saturated heterocycles. The second-order valence-electron chi connectivity index (χ2n) is 7.32. The fourth-order valence-electron chi connectivity index (χ4n) is 3.41. The molecule has 0 amide bonds. The van der Waals surface area contributed by atoms with Crippen LogP contribution >= 0.6 is 0 Å². The fraction of sp³-hybridized carbons (Fsp3) is 0.318. The molecule has 4 rings (SSSR count). The summed E-state index contributed by atoms with van der Waals surface area (Å²) in [4.78, 5) is 17.1. The lowest BCUT2D eigenvalue weighted by Gasteiger charge is -2.35. The third-order valence-electron chi connectivity index (χ3n) is 5.15. The van der Waals surface area contributed by atoms with Crippen LogP contribution < -0.4 is 9.64 Å². The smallest absolute Gasteiger partial charge is 0.416 e. The quantitative estimate of drug-likeness (QED) is 0.594. The molecule has 9 heteroatoms. The second kappa shape index (κ2) is 9.30. The predicted molar refractivity (Wildman–Crippen MR) is 110 cm³/mol. The number of pyridine rings is 1. The number of rotatable bonds is 6. The zero-order chi connectivity index (χ0) is 21.7. The number of nitrogens with zero attached hydrogens (tertiary/aromatic N) is 5. The third kappa shape index (κ3) is 5.69. The highest BCUT2D eigenvalue weighted by atomic mass is 19.4. The normalized spacial score (nSPS) is 15.1. The SMILES string of the molecule is FC(F)(F)c1ccc(COc2cc(N3CCN(Cc4ccncc4)CC3)ncn2)cc1. The van der Waals surface area contributed by atoms with Crippen LogP contribution in [-0.2, 0) is 19.3 Å². The first-order valence-electron chi connectivity index (χ1n) is 9.94. The molecule has 0 saturated carbocycles. The lowest BCUT2D eigenvalue weighted by Crippen LogP contribution is -2.46. The molecule has 0 aliphatic carbocycles. The zero-order valence-corrected chi connectivity index (χ0v) is 16.8. The molecule has 162 valence electrons. The van der Waals surface area contributed by atoms with E-state index >= 15 is 0 Å². The predicted octanol–water partition coefficient (Wildman–Crippen LogP) is 3.79. The number of hydrogen-bond acceptors (Lipinski definition) is 6. The van der Waals surface area contributed by atoms with Crippen LogP contribution in [0, 0.1) is 0 Å². The van der Waals surface area contributed by atoms with Gasteiger partial charge in [-0.2, -0.15) is 13.2 Å². The second-order valence-corrected chi connectivity index (χ2v) is 7.32. The summed E-state index contributed by atoms with van der Waals surface area (Å²) in [6.07, 6.45) is 0.710. The van der Waals surface area contributed by atoms with Gasteiger partial charge in [0.1, 0.15) is 18.8 Å². The number of benzene rings is 1. The van der Waals surface area contributed by atoms with Crippen LogP contribution in [0.4, 0.5) is 19.0 Å². The number of alkyl halides is 3. The zero-order valence-electron chi connectivity index (χ0n) is 16.8. The summed E-state index contributed by atoms with van der Waals surface area (Å²) in [6, 6.07) is 10.7. The lowest BCUT2D eigenvalue weighted by atomic mass is 10.1. The summed E-state index contributed by atoms with van der Waals surface area (Å²) < 4.78 is 43.7. The summed E-state index contributed by atoms with van der Waals surface area (Å²) in [5, 5.41) is 0. The molecule has 3 aromatic rings. The van der Waals surface area contributed by atoms with Crippen LogP contribution in [0.15, 0.2) is 61.2 Å². The van der Waals surface area contributed by atoms with Crippen molar-refractivity contribution >= 4 is 5.82 Å². The van der Waals surface area contributed by atoms with Crippen LogP contribution in [-0.4, -0.2) is 46.0 Å². The molecule has 1 aliphatic heterocycles. The van der Waals surface area contributed by atoms with Crippen molar-refractivity contribution < 1.29 is 17.9 Å². The molecule has 3 heterocycles. The number of aromatic nitrogens is 3. The minimum Gasteiger partial charge on any atom is -0.473 e. The lowest BCUT2D eigenvalue weighted by molar-refractivity contribution is -0.137. The van der Waals surface area contributed by atoms with E-state index in [0.29, 0.717) is 11.4 Å². The van der Waals surface area contributed by atoms with Crippen molar-refractivity contribution in [2.75, 3.05) is 31.1 Å². The van der Waals surface area contributed by atoms with Gasteiger partial charge in [0.2, 0.25) is 5.88 Å². The Morgan fingerprint density at radius 1 is 0.871 bits per heavy atom. The molecule has 0 N–H and O–H groups in total. The Morgan fingerprint density at radius 2 is 1.58 bits per heavy atom. The fourth-order valence-corrected chi connectivity index (χ4v) is 3.41. The Kier molecular flexibility index (Phi) is 6.31. The molecule has 1 aromatic carbocycles. The number of hydrogen-bond donors (Lipinski definition) is 0. The molecule has 0 bridgehead atoms. The third-order valence-corrected chi connectivity index (χ3v) is 5.15. The molecule has 1 aliphatic rings. The van der Waals surface area contributed by atoms with Crippen molar-refractivity contribution in [2.24, 2.45) is 0 Å². The van der Waals surface area contributed by atoms with Crippen molar-refractivity contribution in [1.82, 2.24) is 19.9 Å². The number of piperazine rings is 1. The van der Waals surface area contributed by atoms with E-state index < -0.39 is 11.7 Å². The van der Waals surface area contributed by atoms with Crippen molar-refractivity contribution in [3.63, 3.8) is 0 Å². The maximum Gasteiger partial charge on any atom is 0.416 e. The van der Waals surface area contributed by atoms with Crippen molar-refractivity contribution in [1.29, 1.82) is 0 Å². The van der Waals surface area contributed by atoms with Gasteiger partial charge in [-0.05, 0) is 35.4 Å². The largest absolute Gasteiger partial charge is 0.473 e. The molecular weight excluding hydrogens is 407 g/mol. The molecule has 31 heavy (non-hydrogen) atoms. The molecule has 1 fully saturated rings. The van der Waals surface area contributed by atoms with Gasteiger partial charge in [0, 0.05) is 51.2 Å². The Morgan fingerprint density at radius 3 is 2.26 bits per heavy atom. The van der Waals surface area contributed by atoms with Gasteiger partial charge in [-0.1, -0.05) is 12.1 Å². The Bertz CT molecular complexity index is 974. The van der Waals surface area contributed by atoms with Crippen LogP contribution in [0.1, 0.15) is 16.7 Å². The Labute approximate surface area is 178 Å². The van der Waals surface area contributed by atoms with Crippen LogP contribution in [0.25, 0.3) is 0 Å². The van der Waals surface area contributed by atoms with Gasteiger partial charge in [0.25, 0.3) is 0 Å². The maximum absolute atomic E-state index is 12.7. The van der Waals surface area contributed by atoms with Crippen molar-refractivity contribution in [2.45, 2.75) is 19.3 Å². The van der Waals surface area contributed by atoms with Gasteiger partial charge in [0.15, 0.2) is 0 Å². The molecule has 0 spiro atoms. The van der Waals surface area contributed by atoms with E-state index in [-0.39, 0.29) is 6.61 Å². The highest BCUT2D eigenvalue weighted by Crippen LogP contribution is 2.29. The molecule has 2 aromatic heterocycles. The molecule has 0 unspecified atom stereocenters. The first kappa shape index (κ1) is 21.0. The van der Waals surface area contributed by atoms with Crippen molar-refractivity contribution in [3.8, 4) is 5.88 Å². The van der Waals surface area contributed by atoms with Gasteiger partial charge in [-0.25, -0.2) is 9.97 Å². The minimum atomic E-state index is -4.34. The summed E-state index contributed by atoms with van der Waals surface area (Å²) >= 11 is 0. The summed E-state index contributed by atoms with van der Waals surface area (Å²) in [6.45, 7) is 4.51. The van der Waals surface area contributed by atoms with Crippen LogP contribution in [0.2, 0.25) is 0 Å². The Balaban J connectivity index is 1.30. The topological polar surface area (TPSA) is 54.4 Å². The van der Waals surface area contributed by atoms with Crippen molar-refractivity contribution in [3.05, 3.63) is 77.9 Å². The van der Waals surface area contributed by atoms with Crippen LogP contribution in [0.3, 0.4) is 0 Å². The highest BCUT2D eigenvalue weighted by Gasteiger charge is 2.29. The van der Waals surface area contributed by atoms with Gasteiger partial charge >= 0.3 is 6.18 Å². The first-order valence-corrected chi connectivity index (χ1v) is 9.94. The Hall–Kier alpha value is -3.20. The molecule has 0 atom stereocenters. The molecular formula is C22H22F3N5O. The van der Waals surface area contributed by atoms with Gasteiger partial charge in [-0.15, -0.1) is 0 Å². The van der Waals surface area contributed by atoms with Gasteiger partial charge in [-0.3, -0.25) is 9.88 Å².